The Hall–Kier alpha value is -3.14. The summed E-state index contributed by atoms with van der Waals surface area (Å²) in [5, 5.41) is 0. The summed E-state index contributed by atoms with van der Waals surface area (Å²) in [7, 11) is 0. The van der Waals surface area contributed by atoms with Crippen LogP contribution in [0.15, 0.2) is 60.7 Å². The Morgan fingerprint density at radius 1 is 0.522 bits per heavy atom. The van der Waals surface area contributed by atoms with Crippen molar-refractivity contribution in [2.45, 2.75) is 6.42 Å². The third kappa shape index (κ3) is 3.21. The second-order valence-corrected chi connectivity index (χ2v) is 5.68. The highest BCUT2D eigenvalue weighted by molar-refractivity contribution is 5.80. The maximum absolute atomic E-state index is 5.79. The van der Waals surface area contributed by atoms with Gasteiger partial charge in [-0.2, -0.15) is 0 Å². The lowest BCUT2D eigenvalue weighted by Gasteiger charge is -2.02. The minimum absolute atomic E-state index is 0.713. The molecule has 0 saturated heterocycles. The van der Waals surface area contributed by atoms with E-state index in [-0.39, 0.29) is 0 Å². The van der Waals surface area contributed by atoms with E-state index in [9.17, 15) is 0 Å². The molecular weight excluding hydrogens is 284 g/mol. The summed E-state index contributed by atoms with van der Waals surface area (Å²) in [6.45, 7) is 0. The first-order chi connectivity index (χ1) is 11.0. The molecule has 0 saturated carbocycles. The molecule has 0 heterocycles. The van der Waals surface area contributed by atoms with Crippen LogP contribution in [0.3, 0.4) is 0 Å². The number of benzene rings is 3. The molecule has 0 aromatic heterocycles. The van der Waals surface area contributed by atoms with Gasteiger partial charge in [0.2, 0.25) is 0 Å². The first kappa shape index (κ1) is 14.8. The molecule has 8 N–H and O–H groups in total. The quantitative estimate of drug-likeness (QED) is 0.374. The molecule has 23 heavy (non-hydrogen) atoms. The molecule has 0 spiro atoms. The van der Waals surface area contributed by atoms with Gasteiger partial charge in [0.1, 0.15) is 0 Å². The van der Waals surface area contributed by atoms with E-state index in [4.69, 9.17) is 22.9 Å². The van der Waals surface area contributed by atoms with Crippen molar-refractivity contribution >= 4 is 22.7 Å². The average Bonchev–Trinajstić information content (AvgIpc) is 2.84. The smallest absolute Gasteiger partial charge is 0.0334 e. The lowest BCUT2D eigenvalue weighted by atomic mass is 10.1. The van der Waals surface area contributed by atoms with E-state index < -0.39 is 0 Å². The number of anilines is 4. The van der Waals surface area contributed by atoms with Gasteiger partial charge in [-0.25, -0.2) is 0 Å². The fourth-order valence-corrected chi connectivity index (χ4v) is 2.79. The first-order valence-electron chi connectivity index (χ1n) is 7.41. The van der Waals surface area contributed by atoms with Gasteiger partial charge in [-0.05, 0) is 71.1 Å². The zero-order valence-corrected chi connectivity index (χ0v) is 12.8. The van der Waals surface area contributed by atoms with E-state index in [1.807, 2.05) is 30.3 Å². The van der Waals surface area contributed by atoms with Gasteiger partial charge in [0.05, 0.1) is 0 Å². The number of hydrogen-bond acceptors (Lipinski definition) is 4. The van der Waals surface area contributed by atoms with Crippen LogP contribution in [-0.2, 0) is 6.42 Å². The molecule has 4 rings (SSSR count). The molecule has 0 aliphatic heterocycles. The van der Waals surface area contributed by atoms with Crippen molar-refractivity contribution in [3.05, 3.63) is 71.8 Å². The Morgan fingerprint density at radius 3 is 1.78 bits per heavy atom. The lowest BCUT2D eigenvalue weighted by molar-refractivity contribution is 1.26. The second-order valence-electron chi connectivity index (χ2n) is 5.68. The van der Waals surface area contributed by atoms with Gasteiger partial charge in [-0.1, -0.05) is 18.2 Å². The van der Waals surface area contributed by atoms with Crippen molar-refractivity contribution in [1.29, 1.82) is 0 Å². The van der Waals surface area contributed by atoms with E-state index in [0.29, 0.717) is 11.4 Å². The van der Waals surface area contributed by atoms with Crippen molar-refractivity contribution < 1.29 is 0 Å². The third-order valence-electron chi connectivity index (χ3n) is 3.84. The van der Waals surface area contributed by atoms with Crippen molar-refractivity contribution in [1.82, 2.24) is 0 Å². The number of hydrogen-bond donors (Lipinski definition) is 4. The van der Waals surface area contributed by atoms with E-state index in [1.165, 1.54) is 22.3 Å². The van der Waals surface area contributed by atoms with Gasteiger partial charge in [0.15, 0.2) is 0 Å². The van der Waals surface area contributed by atoms with E-state index in [2.05, 4.69) is 12.1 Å². The molecule has 0 radical (unpaired) electrons. The van der Waals surface area contributed by atoms with Crippen LogP contribution in [0.1, 0.15) is 11.1 Å². The SMILES string of the molecule is Nc1ccc2c(c1)Cc1ccc(N)cc1-2.Nc1cccc(N)c1. The average molecular weight is 304 g/mol. The van der Waals surface area contributed by atoms with E-state index in [1.54, 1.807) is 18.2 Å². The predicted molar refractivity (Wildman–Crippen MR) is 98.8 cm³/mol. The number of fused-ring (bicyclic) bond motifs is 3. The summed E-state index contributed by atoms with van der Waals surface area (Å²) < 4.78 is 0. The molecule has 116 valence electrons. The van der Waals surface area contributed by atoms with Crippen LogP contribution in [0.25, 0.3) is 11.1 Å². The van der Waals surface area contributed by atoms with Gasteiger partial charge >= 0.3 is 0 Å². The Bertz CT molecular complexity index is 838. The molecule has 3 aromatic carbocycles. The minimum Gasteiger partial charge on any atom is -0.399 e. The predicted octanol–water partition coefficient (Wildman–Crippen LogP) is 3.27. The maximum atomic E-state index is 5.79. The first-order valence-corrected chi connectivity index (χ1v) is 7.41. The van der Waals surface area contributed by atoms with Gasteiger partial charge in [-0.3, -0.25) is 0 Å². The number of nitrogen functional groups attached to an aromatic ring is 4. The van der Waals surface area contributed by atoms with Crippen molar-refractivity contribution in [3.8, 4) is 11.1 Å². The summed E-state index contributed by atoms with van der Waals surface area (Å²) in [6, 6.07) is 19.3. The molecule has 1 aliphatic carbocycles. The Morgan fingerprint density at radius 2 is 1.13 bits per heavy atom. The summed E-state index contributed by atoms with van der Waals surface area (Å²) in [5.74, 6) is 0. The highest BCUT2D eigenvalue weighted by Crippen LogP contribution is 2.38. The van der Waals surface area contributed by atoms with Crippen LogP contribution in [0.4, 0.5) is 22.7 Å². The van der Waals surface area contributed by atoms with Gasteiger partial charge in [-0.15, -0.1) is 0 Å². The molecule has 4 nitrogen and oxygen atoms in total. The van der Waals surface area contributed by atoms with Crippen LogP contribution in [0, 0.1) is 0 Å². The molecule has 0 unspecified atom stereocenters. The van der Waals surface area contributed by atoms with E-state index >= 15 is 0 Å². The summed E-state index contributed by atoms with van der Waals surface area (Å²) in [5.41, 5.74) is 30.6. The molecule has 4 heteroatoms. The topological polar surface area (TPSA) is 104 Å². The molecule has 0 atom stereocenters. The monoisotopic (exact) mass is 304 g/mol. The van der Waals surface area contributed by atoms with Gasteiger partial charge in [0.25, 0.3) is 0 Å². The molecule has 0 fully saturated rings. The van der Waals surface area contributed by atoms with Crippen LogP contribution < -0.4 is 22.9 Å². The van der Waals surface area contributed by atoms with E-state index in [0.717, 1.165) is 17.8 Å². The zero-order valence-electron chi connectivity index (χ0n) is 12.8. The van der Waals surface area contributed by atoms with Crippen LogP contribution >= 0.6 is 0 Å². The van der Waals surface area contributed by atoms with Crippen LogP contribution in [0.5, 0.6) is 0 Å². The van der Waals surface area contributed by atoms with Crippen molar-refractivity contribution in [2.75, 3.05) is 22.9 Å². The Balaban J connectivity index is 0.000000166. The minimum atomic E-state index is 0.713. The molecule has 1 aliphatic rings. The zero-order chi connectivity index (χ0) is 16.4. The van der Waals surface area contributed by atoms with Crippen LogP contribution in [0.2, 0.25) is 0 Å². The third-order valence-corrected chi connectivity index (χ3v) is 3.84. The number of rotatable bonds is 0. The maximum Gasteiger partial charge on any atom is 0.0334 e. The number of nitrogens with two attached hydrogens (primary N) is 4. The standard InChI is InChI=1S/C13H12N2.C6H8N2/c14-10-3-4-12-9(6-10)5-8-1-2-11(15)7-13(8)12;7-5-2-1-3-6(8)4-5/h1-4,6-7H,5,14-15H2;1-4H,7-8H2. The lowest BCUT2D eigenvalue weighted by Crippen LogP contribution is -1.87. The van der Waals surface area contributed by atoms with Gasteiger partial charge in [0, 0.05) is 22.7 Å². The van der Waals surface area contributed by atoms with Crippen molar-refractivity contribution in [3.63, 3.8) is 0 Å². The highest BCUT2D eigenvalue weighted by Gasteiger charge is 2.17. The fraction of sp³-hybridized carbons (Fsp3) is 0.0526. The molecular formula is C19H20N4. The summed E-state index contributed by atoms with van der Waals surface area (Å²) in [4.78, 5) is 0. The molecule has 0 bridgehead atoms. The highest BCUT2D eigenvalue weighted by atomic mass is 14.6. The second kappa shape index (κ2) is 5.93. The summed E-state index contributed by atoms with van der Waals surface area (Å²) in [6.07, 6.45) is 0.968. The van der Waals surface area contributed by atoms with Crippen LogP contribution in [-0.4, -0.2) is 0 Å². The molecule has 0 amide bonds. The molecule has 3 aromatic rings. The Labute approximate surface area is 135 Å². The van der Waals surface area contributed by atoms with Crippen molar-refractivity contribution in [2.24, 2.45) is 0 Å². The fourth-order valence-electron chi connectivity index (χ4n) is 2.79. The largest absolute Gasteiger partial charge is 0.399 e. The van der Waals surface area contributed by atoms with Gasteiger partial charge < -0.3 is 22.9 Å². The summed E-state index contributed by atoms with van der Waals surface area (Å²) >= 11 is 0. The Kier molecular flexibility index (Phi) is 3.81. The normalized spacial score (nSPS) is 11.1.